The van der Waals surface area contributed by atoms with Crippen LogP contribution in [0.2, 0.25) is 0 Å². The molecule has 0 spiro atoms. The lowest BCUT2D eigenvalue weighted by atomic mass is 9.92. The van der Waals surface area contributed by atoms with Crippen LogP contribution in [0.5, 0.6) is 0 Å². The van der Waals surface area contributed by atoms with Gasteiger partial charge in [0.25, 0.3) is 0 Å². The van der Waals surface area contributed by atoms with Gasteiger partial charge in [-0.25, -0.2) is 0 Å². The van der Waals surface area contributed by atoms with Gasteiger partial charge in [0, 0.05) is 17.1 Å². The maximum atomic E-state index is 3.53. The molecule has 0 amide bonds. The lowest BCUT2D eigenvalue weighted by Crippen LogP contribution is -2.13. The third-order valence-electron chi connectivity index (χ3n) is 2.38. The van der Waals surface area contributed by atoms with Gasteiger partial charge in [0.15, 0.2) is 0 Å². The Balaban J connectivity index is 2.52. The van der Waals surface area contributed by atoms with Crippen LogP contribution in [0.1, 0.15) is 34.1 Å². The molecule has 0 unspecified atom stereocenters. The van der Waals surface area contributed by atoms with Crippen LogP contribution in [0.15, 0.2) is 29.2 Å². The van der Waals surface area contributed by atoms with Crippen molar-refractivity contribution in [1.82, 2.24) is 0 Å². The summed E-state index contributed by atoms with van der Waals surface area (Å²) in [5, 5.41) is 3.53. The van der Waals surface area contributed by atoms with Gasteiger partial charge in [-0.05, 0) is 29.7 Å². The maximum absolute atomic E-state index is 3.53. The van der Waals surface area contributed by atoms with Crippen molar-refractivity contribution in [2.75, 3.05) is 17.6 Å². The zero-order valence-corrected chi connectivity index (χ0v) is 11.7. The lowest BCUT2D eigenvalue weighted by molar-refractivity contribution is 0.389. The minimum Gasteiger partial charge on any atom is -0.384 e. The molecule has 0 fully saturated rings. The number of nitrogens with one attached hydrogen (secondary N) is 1. The number of hydrogen-bond acceptors (Lipinski definition) is 2. The fourth-order valence-electron chi connectivity index (χ4n) is 1.47. The van der Waals surface area contributed by atoms with Crippen LogP contribution in [0.3, 0.4) is 0 Å². The highest BCUT2D eigenvalue weighted by Gasteiger charge is 2.09. The summed E-state index contributed by atoms with van der Waals surface area (Å²) >= 11 is 1.90. The van der Waals surface area contributed by atoms with Gasteiger partial charge in [0.05, 0.1) is 0 Å². The first-order valence-electron chi connectivity index (χ1n) is 5.98. The van der Waals surface area contributed by atoms with E-state index in [2.05, 4.69) is 57.3 Å². The second kappa shape index (κ2) is 6.19. The van der Waals surface area contributed by atoms with Crippen LogP contribution < -0.4 is 5.32 Å². The molecule has 2 heteroatoms. The first kappa shape index (κ1) is 13.4. The summed E-state index contributed by atoms with van der Waals surface area (Å²) in [4.78, 5) is 1.36. The van der Waals surface area contributed by atoms with Crippen molar-refractivity contribution >= 4 is 17.4 Å². The highest BCUT2D eigenvalue weighted by Crippen LogP contribution is 2.27. The molecule has 0 saturated heterocycles. The van der Waals surface area contributed by atoms with E-state index in [0.29, 0.717) is 5.41 Å². The van der Waals surface area contributed by atoms with E-state index < -0.39 is 0 Å². The lowest BCUT2D eigenvalue weighted by Gasteiger charge is -2.19. The van der Waals surface area contributed by atoms with E-state index in [-0.39, 0.29) is 0 Å². The van der Waals surface area contributed by atoms with Crippen molar-refractivity contribution in [2.24, 2.45) is 5.41 Å². The van der Waals surface area contributed by atoms with Gasteiger partial charge < -0.3 is 5.32 Å². The van der Waals surface area contributed by atoms with Gasteiger partial charge in [0.2, 0.25) is 0 Å². The average molecular weight is 237 g/mol. The Kier molecular flexibility index (Phi) is 5.20. The van der Waals surface area contributed by atoms with Crippen LogP contribution >= 0.6 is 11.8 Å². The zero-order valence-electron chi connectivity index (χ0n) is 10.8. The van der Waals surface area contributed by atoms with Crippen molar-refractivity contribution in [2.45, 2.75) is 39.0 Å². The summed E-state index contributed by atoms with van der Waals surface area (Å²) in [5.74, 6) is 1.12. The Morgan fingerprint density at radius 3 is 2.50 bits per heavy atom. The van der Waals surface area contributed by atoms with Crippen molar-refractivity contribution in [3.05, 3.63) is 24.3 Å². The van der Waals surface area contributed by atoms with Crippen LogP contribution in [-0.2, 0) is 0 Å². The third-order valence-corrected chi connectivity index (χ3v) is 3.33. The first-order valence-corrected chi connectivity index (χ1v) is 6.97. The van der Waals surface area contributed by atoms with Crippen molar-refractivity contribution in [1.29, 1.82) is 0 Å². The van der Waals surface area contributed by atoms with Crippen molar-refractivity contribution in [3.8, 4) is 0 Å². The number of anilines is 1. The Hall–Kier alpha value is -0.630. The molecule has 16 heavy (non-hydrogen) atoms. The van der Waals surface area contributed by atoms with Gasteiger partial charge in [-0.3, -0.25) is 0 Å². The van der Waals surface area contributed by atoms with E-state index in [1.807, 2.05) is 11.8 Å². The summed E-state index contributed by atoms with van der Waals surface area (Å²) in [6.45, 7) is 10.1. The van der Waals surface area contributed by atoms with Crippen molar-refractivity contribution in [3.63, 3.8) is 0 Å². The Labute approximate surface area is 104 Å². The summed E-state index contributed by atoms with van der Waals surface area (Å²) in [6.07, 6.45) is 1.19. The quantitative estimate of drug-likeness (QED) is 0.748. The van der Waals surface area contributed by atoms with Gasteiger partial charge in [-0.15, -0.1) is 11.8 Å². The Morgan fingerprint density at radius 1 is 1.19 bits per heavy atom. The fraction of sp³-hybridized carbons (Fsp3) is 0.571. The molecule has 0 saturated carbocycles. The van der Waals surface area contributed by atoms with Crippen LogP contribution in [-0.4, -0.2) is 12.3 Å². The van der Waals surface area contributed by atoms with E-state index in [1.54, 1.807) is 0 Å². The molecule has 1 aromatic rings. The van der Waals surface area contributed by atoms with E-state index in [1.165, 1.54) is 17.0 Å². The second-order valence-electron chi connectivity index (χ2n) is 5.17. The number of hydrogen-bond donors (Lipinski definition) is 1. The predicted molar refractivity (Wildman–Crippen MR) is 75.4 cm³/mol. The minimum atomic E-state index is 0.403. The summed E-state index contributed by atoms with van der Waals surface area (Å²) in [6, 6.07) is 8.56. The zero-order chi connectivity index (χ0) is 12.0. The Bertz CT molecular complexity index is 315. The predicted octanol–water partition coefficient (Wildman–Crippen LogP) is 4.65. The SMILES string of the molecule is CCSc1ccccc1NCCC(C)(C)C. The van der Waals surface area contributed by atoms with Gasteiger partial charge >= 0.3 is 0 Å². The maximum Gasteiger partial charge on any atom is 0.0478 e. The van der Waals surface area contributed by atoms with Gasteiger partial charge in [-0.2, -0.15) is 0 Å². The highest BCUT2D eigenvalue weighted by molar-refractivity contribution is 7.99. The molecule has 1 nitrogen and oxygen atoms in total. The molecule has 0 aliphatic rings. The molecule has 0 aromatic heterocycles. The average Bonchev–Trinajstić information content (AvgIpc) is 2.19. The van der Waals surface area contributed by atoms with Gasteiger partial charge in [-0.1, -0.05) is 39.8 Å². The normalized spacial score (nSPS) is 11.5. The molecule has 0 atom stereocenters. The van der Waals surface area contributed by atoms with Crippen LogP contribution in [0.25, 0.3) is 0 Å². The molecule has 0 heterocycles. The largest absolute Gasteiger partial charge is 0.384 e. The van der Waals surface area contributed by atoms with E-state index in [9.17, 15) is 0 Å². The van der Waals surface area contributed by atoms with Crippen LogP contribution in [0, 0.1) is 5.41 Å². The van der Waals surface area contributed by atoms with E-state index in [4.69, 9.17) is 0 Å². The monoisotopic (exact) mass is 237 g/mol. The van der Waals surface area contributed by atoms with Crippen molar-refractivity contribution < 1.29 is 0 Å². The summed E-state index contributed by atoms with van der Waals surface area (Å²) < 4.78 is 0. The number of para-hydroxylation sites is 1. The summed E-state index contributed by atoms with van der Waals surface area (Å²) in [7, 11) is 0. The smallest absolute Gasteiger partial charge is 0.0478 e. The van der Waals surface area contributed by atoms with E-state index in [0.717, 1.165) is 12.3 Å². The standard InChI is InChI=1S/C14H23NS/c1-5-16-13-9-7-6-8-12(13)15-11-10-14(2,3)4/h6-9,15H,5,10-11H2,1-4H3. The van der Waals surface area contributed by atoms with Crippen LogP contribution in [0.4, 0.5) is 5.69 Å². The molecule has 0 radical (unpaired) electrons. The number of benzene rings is 1. The molecule has 0 aliphatic heterocycles. The molecule has 90 valence electrons. The first-order chi connectivity index (χ1) is 7.53. The molecule has 1 N–H and O–H groups in total. The second-order valence-corrected chi connectivity index (χ2v) is 6.47. The number of thioether (sulfide) groups is 1. The van der Waals surface area contributed by atoms with Gasteiger partial charge in [0.1, 0.15) is 0 Å². The molecular weight excluding hydrogens is 214 g/mol. The fourth-order valence-corrected chi connectivity index (χ4v) is 2.25. The number of rotatable bonds is 5. The highest BCUT2D eigenvalue weighted by atomic mass is 32.2. The topological polar surface area (TPSA) is 12.0 Å². The molecular formula is C14H23NS. The summed E-state index contributed by atoms with van der Waals surface area (Å²) in [5.41, 5.74) is 1.68. The molecule has 0 bridgehead atoms. The molecule has 0 aliphatic carbocycles. The third kappa shape index (κ3) is 4.93. The van der Waals surface area contributed by atoms with E-state index >= 15 is 0 Å². The Morgan fingerprint density at radius 2 is 1.88 bits per heavy atom. The molecule has 1 aromatic carbocycles. The molecule has 1 rings (SSSR count). The minimum absolute atomic E-state index is 0.403.